The summed E-state index contributed by atoms with van der Waals surface area (Å²) >= 11 is 0. The molecule has 9 nitrogen and oxygen atoms in total. The number of hydrogen-bond donors (Lipinski definition) is 3. The Hall–Kier alpha value is -5.15. The maximum atomic E-state index is 4.90. The van der Waals surface area contributed by atoms with Gasteiger partial charge in [-0.3, -0.25) is 14.6 Å². The molecule has 5 heterocycles. The Morgan fingerprint density at radius 2 is 1.77 bits per heavy atom. The summed E-state index contributed by atoms with van der Waals surface area (Å²) in [5.74, 6) is 1.40. The monoisotopic (exact) mass is 511 g/mol. The first-order valence-corrected chi connectivity index (χ1v) is 12.7. The summed E-state index contributed by atoms with van der Waals surface area (Å²) in [4.78, 5) is 21.7. The highest BCUT2D eigenvalue weighted by molar-refractivity contribution is 5.96. The van der Waals surface area contributed by atoms with Gasteiger partial charge in [0.25, 0.3) is 0 Å². The van der Waals surface area contributed by atoms with Crippen molar-refractivity contribution in [2.45, 2.75) is 20.0 Å². The molecule has 5 aromatic heterocycles. The second-order valence-corrected chi connectivity index (χ2v) is 9.54. The van der Waals surface area contributed by atoms with Crippen LogP contribution < -0.4 is 5.32 Å². The highest BCUT2D eigenvalue weighted by atomic mass is 15.2. The minimum absolute atomic E-state index is 0.677. The predicted octanol–water partition coefficient (Wildman–Crippen LogP) is 5.35. The fourth-order valence-electron chi connectivity index (χ4n) is 4.82. The minimum atomic E-state index is 0.677. The normalized spacial score (nSPS) is 11.5. The minimum Gasteiger partial charge on any atom is -0.336 e. The molecule has 0 saturated heterocycles. The molecule has 7 rings (SSSR count). The lowest BCUT2D eigenvalue weighted by Gasteiger charge is -2.07. The van der Waals surface area contributed by atoms with Gasteiger partial charge >= 0.3 is 0 Å². The molecule has 9 heteroatoms. The van der Waals surface area contributed by atoms with E-state index >= 15 is 0 Å². The van der Waals surface area contributed by atoms with E-state index in [2.05, 4.69) is 77.9 Å². The number of nitrogens with zero attached hydrogens (tertiary/aromatic N) is 6. The number of rotatable bonds is 7. The van der Waals surface area contributed by atoms with Crippen molar-refractivity contribution >= 4 is 21.9 Å². The van der Waals surface area contributed by atoms with Gasteiger partial charge in [-0.2, -0.15) is 5.10 Å². The predicted molar refractivity (Wildman–Crippen MR) is 151 cm³/mol. The second kappa shape index (κ2) is 9.62. The second-order valence-electron chi connectivity index (χ2n) is 9.54. The first kappa shape index (κ1) is 23.0. The SMILES string of the molecule is Cc1cn(-c2nccc3[nH]c(-c4n[nH]c5ccc(-c6cncc(CNCc7ccccc7)c6)cc45)nc23)cn1. The number of imidazole rings is 2. The highest BCUT2D eigenvalue weighted by Gasteiger charge is 2.16. The van der Waals surface area contributed by atoms with Crippen LogP contribution in [-0.2, 0) is 13.1 Å². The molecular weight excluding hydrogens is 486 g/mol. The van der Waals surface area contributed by atoms with Gasteiger partial charge in [0.15, 0.2) is 11.6 Å². The fraction of sp³-hybridized carbons (Fsp3) is 0.100. The summed E-state index contributed by atoms with van der Waals surface area (Å²) in [6.45, 7) is 3.50. The molecule has 39 heavy (non-hydrogen) atoms. The molecule has 0 amide bonds. The molecule has 0 aliphatic rings. The maximum Gasteiger partial charge on any atom is 0.166 e. The molecule has 0 atom stereocenters. The van der Waals surface area contributed by atoms with E-state index in [1.54, 1.807) is 12.5 Å². The molecule has 0 bridgehead atoms. The number of H-pyrrole nitrogens is 2. The van der Waals surface area contributed by atoms with E-state index in [-0.39, 0.29) is 0 Å². The largest absolute Gasteiger partial charge is 0.336 e. The van der Waals surface area contributed by atoms with E-state index in [4.69, 9.17) is 4.98 Å². The zero-order valence-corrected chi connectivity index (χ0v) is 21.3. The highest BCUT2D eigenvalue weighted by Crippen LogP contribution is 2.31. The standard InChI is InChI=1S/C30H25N9/c1-19-17-39(18-34-19)30-28-26(9-10-33-30)35-29(36-28)27-24-12-22(7-8-25(24)37-38-27)23-11-21(15-32-16-23)14-31-13-20-5-3-2-4-6-20/h2-12,15-18,31H,13-14H2,1H3,(H,35,36)(H,37,38). The van der Waals surface area contributed by atoms with E-state index in [0.717, 1.165) is 68.9 Å². The molecule has 0 fully saturated rings. The van der Waals surface area contributed by atoms with Crippen molar-refractivity contribution in [3.8, 4) is 28.5 Å². The van der Waals surface area contributed by atoms with Crippen molar-refractivity contribution in [2.24, 2.45) is 0 Å². The van der Waals surface area contributed by atoms with Crippen LogP contribution >= 0.6 is 0 Å². The lowest BCUT2D eigenvalue weighted by Crippen LogP contribution is -2.12. The molecule has 2 aromatic carbocycles. The van der Waals surface area contributed by atoms with Crippen LogP contribution in [0.5, 0.6) is 0 Å². The van der Waals surface area contributed by atoms with E-state index in [9.17, 15) is 0 Å². The van der Waals surface area contributed by atoms with Crippen LogP contribution in [0.1, 0.15) is 16.8 Å². The van der Waals surface area contributed by atoms with Gasteiger partial charge < -0.3 is 10.3 Å². The number of fused-ring (bicyclic) bond motifs is 2. The van der Waals surface area contributed by atoms with Gasteiger partial charge in [0.1, 0.15) is 17.5 Å². The summed E-state index contributed by atoms with van der Waals surface area (Å²) in [7, 11) is 0. The molecule has 0 aliphatic carbocycles. The van der Waals surface area contributed by atoms with Crippen LogP contribution in [0, 0.1) is 6.92 Å². The van der Waals surface area contributed by atoms with Crippen LogP contribution in [0.2, 0.25) is 0 Å². The van der Waals surface area contributed by atoms with E-state index in [0.29, 0.717) is 5.82 Å². The average molecular weight is 512 g/mol. The smallest absolute Gasteiger partial charge is 0.166 e. The number of aromatic nitrogens is 8. The summed E-state index contributed by atoms with van der Waals surface area (Å²) < 4.78 is 1.89. The third kappa shape index (κ3) is 4.45. The Morgan fingerprint density at radius 1 is 0.872 bits per heavy atom. The lowest BCUT2D eigenvalue weighted by atomic mass is 10.0. The average Bonchev–Trinajstić information content (AvgIpc) is 3.71. The Bertz CT molecular complexity index is 1910. The summed E-state index contributed by atoms with van der Waals surface area (Å²) in [5, 5.41) is 12.2. The molecule has 190 valence electrons. The summed E-state index contributed by atoms with van der Waals surface area (Å²) in [5.41, 5.74) is 8.75. The van der Waals surface area contributed by atoms with Crippen molar-refractivity contribution in [3.05, 3.63) is 109 Å². The van der Waals surface area contributed by atoms with Crippen molar-refractivity contribution in [1.82, 2.24) is 45.0 Å². The van der Waals surface area contributed by atoms with E-state index < -0.39 is 0 Å². The third-order valence-corrected chi connectivity index (χ3v) is 6.75. The zero-order valence-electron chi connectivity index (χ0n) is 21.3. The molecule has 0 saturated carbocycles. The first-order chi connectivity index (χ1) is 19.2. The third-order valence-electron chi connectivity index (χ3n) is 6.75. The molecular formula is C30H25N9. The molecule has 0 aliphatic heterocycles. The quantitative estimate of drug-likeness (QED) is 0.266. The van der Waals surface area contributed by atoms with Gasteiger partial charge in [0, 0.05) is 48.8 Å². The Morgan fingerprint density at radius 3 is 2.64 bits per heavy atom. The van der Waals surface area contributed by atoms with Crippen molar-refractivity contribution in [3.63, 3.8) is 0 Å². The van der Waals surface area contributed by atoms with Crippen LogP contribution in [0.3, 0.4) is 0 Å². The zero-order chi connectivity index (χ0) is 26.2. The molecule has 0 unspecified atom stereocenters. The van der Waals surface area contributed by atoms with Crippen molar-refractivity contribution in [2.75, 3.05) is 0 Å². The number of aromatic amines is 2. The topological polar surface area (TPSA) is 113 Å². The lowest BCUT2D eigenvalue weighted by molar-refractivity contribution is 0.691. The van der Waals surface area contributed by atoms with Crippen LogP contribution in [0.4, 0.5) is 0 Å². The van der Waals surface area contributed by atoms with Gasteiger partial charge in [-0.25, -0.2) is 15.0 Å². The number of hydrogen-bond acceptors (Lipinski definition) is 6. The molecule has 3 N–H and O–H groups in total. The van der Waals surface area contributed by atoms with Crippen LogP contribution in [0.15, 0.2) is 91.8 Å². The van der Waals surface area contributed by atoms with E-state index in [1.165, 1.54) is 5.56 Å². The first-order valence-electron chi connectivity index (χ1n) is 12.7. The Labute approximate surface area is 224 Å². The summed E-state index contributed by atoms with van der Waals surface area (Å²) in [6, 6.07) is 20.8. The maximum absolute atomic E-state index is 4.90. The van der Waals surface area contributed by atoms with Crippen LogP contribution in [0.25, 0.3) is 50.4 Å². The molecule has 7 aromatic rings. The Balaban J connectivity index is 1.20. The Kier molecular flexibility index (Phi) is 5.68. The van der Waals surface area contributed by atoms with Gasteiger partial charge in [0.2, 0.25) is 0 Å². The van der Waals surface area contributed by atoms with Crippen molar-refractivity contribution in [1.29, 1.82) is 0 Å². The van der Waals surface area contributed by atoms with Gasteiger partial charge in [-0.1, -0.05) is 36.4 Å². The summed E-state index contributed by atoms with van der Waals surface area (Å²) in [6.07, 6.45) is 9.26. The van der Waals surface area contributed by atoms with Gasteiger partial charge in [0.05, 0.1) is 16.7 Å². The number of aryl methyl sites for hydroxylation is 1. The molecule has 0 spiro atoms. The molecule has 0 radical (unpaired) electrons. The van der Waals surface area contributed by atoms with E-state index in [1.807, 2.05) is 48.3 Å². The van der Waals surface area contributed by atoms with Gasteiger partial charge in [-0.05, 0) is 47.9 Å². The number of benzene rings is 2. The van der Waals surface area contributed by atoms with Gasteiger partial charge in [-0.15, -0.1) is 0 Å². The van der Waals surface area contributed by atoms with Crippen LogP contribution in [-0.4, -0.2) is 39.7 Å². The number of pyridine rings is 2. The fourth-order valence-corrected chi connectivity index (χ4v) is 4.82. The number of nitrogens with one attached hydrogen (secondary N) is 3. The van der Waals surface area contributed by atoms with Crippen molar-refractivity contribution < 1.29 is 0 Å².